The van der Waals surface area contributed by atoms with Gasteiger partial charge in [0.25, 0.3) is 0 Å². The highest BCUT2D eigenvalue weighted by Gasteiger charge is 2.37. The summed E-state index contributed by atoms with van der Waals surface area (Å²) in [6.07, 6.45) is 0. The largest absolute Gasteiger partial charge is 0.496 e. The molecule has 0 radical (unpaired) electrons. The SMILES string of the molecule is COc1ccccc1C1CNCCN1S(=O)(=O)c1c(C)cccc1F. The maximum absolute atomic E-state index is 14.3. The number of nitrogens with zero attached hydrogens (tertiary/aromatic N) is 1. The first kappa shape index (κ1) is 17.8. The van der Waals surface area contributed by atoms with Gasteiger partial charge in [-0.05, 0) is 24.6 Å². The summed E-state index contributed by atoms with van der Waals surface area (Å²) in [5, 5.41) is 3.21. The van der Waals surface area contributed by atoms with Crippen LogP contribution in [0.25, 0.3) is 0 Å². The van der Waals surface area contributed by atoms with E-state index in [-0.39, 0.29) is 11.4 Å². The van der Waals surface area contributed by atoms with E-state index in [0.29, 0.717) is 24.4 Å². The number of benzene rings is 2. The van der Waals surface area contributed by atoms with Crippen molar-refractivity contribution in [3.8, 4) is 5.75 Å². The van der Waals surface area contributed by atoms with Crippen molar-refractivity contribution >= 4 is 10.0 Å². The van der Waals surface area contributed by atoms with Gasteiger partial charge in [0.05, 0.1) is 13.2 Å². The predicted octanol–water partition coefficient (Wildman–Crippen LogP) is 2.48. The molecule has 1 saturated heterocycles. The highest BCUT2D eigenvalue weighted by molar-refractivity contribution is 7.89. The molecule has 1 fully saturated rings. The van der Waals surface area contributed by atoms with Gasteiger partial charge in [-0.25, -0.2) is 12.8 Å². The van der Waals surface area contributed by atoms with Crippen LogP contribution in [0.1, 0.15) is 17.2 Å². The molecule has 134 valence electrons. The number of para-hydroxylation sites is 1. The van der Waals surface area contributed by atoms with E-state index in [1.165, 1.54) is 16.4 Å². The Morgan fingerprint density at radius 3 is 2.68 bits per heavy atom. The summed E-state index contributed by atoms with van der Waals surface area (Å²) >= 11 is 0. The van der Waals surface area contributed by atoms with Crippen molar-refractivity contribution in [1.29, 1.82) is 0 Å². The molecule has 2 aromatic rings. The quantitative estimate of drug-likeness (QED) is 0.906. The van der Waals surface area contributed by atoms with Crippen molar-refractivity contribution in [1.82, 2.24) is 9.62 Å². The molecule has 1 N–H and O–H groups in total. The molecule has 0 amide bonds. The van der Waals surface area contributed by atoms with E-state index in [2.05, 4.69) is 5.32 Å². The molecule has 0 spiro atoms. The Hall–Kier alpha value is -1.96. The molecule has 2 aromatic carbocycles. The van der Waals surface area contributed by atoms with Crippen LogP contribution in [0.15, 0.2) is 47.4 Å². The van der Waals surface area contributed by atoms with Crippen LogP contribution in [0.5, 0.6) is 5.75 Å². The van der Waals surface area contributed by atoms with E-state index in [0.717, 1.165) is 5.56 Å². The van der Waals surface area contributed by atoms with Crippen LogP contribution in [0.3, 0.4) is 0 Å². The van der Waals surface area contributed by atoms with E-state index >= 15 is 0 Å². The average molecular weight is 364 g/mol. The third-order valence-corrected chi connectivity index (χ3v) is 6.51. The second kappa shape index (κ2) is 7.11. The van der Waals surface area contributed by atoms with Crippen LogP contribution in [-0.2, 0) is 10.0 Å². The fraction of sp³-hybridized carbons (Fsp3) is 0.333. The third-order valence-electron chi connectivity index (χ3n) is 4.42. The molecular weight excluding hydrogens is 343 g/mol. The lowest BCUT2D eigenvalue weighted by Gasteiger charge is -2.36. The van der Waals surface area contributed by atoms with Gasteiger partial charge in [-0.1, -0.05) is 30.3 Å². The van der Waals surface area contributed by atoms with Gasteiger partial charge in [-0.15, -0.1) is 0 Å². The molecule has 25 heavy (non-hydrogen) atoms. The van der Waals surface area contributed by atoms with Crippen molar-refractivity contribution in [2.24, 2.45) is 0 Å². The Kier molecular flexibility index (Phi) is 5.08. The van der Waals surface area contributed by atoms with E-state index in [9.17, 15) is 12.8 Å². The molecular formula is C18H21FN2O3S. The van der Waals surface area contributed by atoms with Crippen molar-refractivity contribution in [3.05, 3.63) is 59.4 Å². The van der Waals surface area contributed by atoms with Crippen molar-refractivity contribution < 1.29 is 17.5 Å². The van der Waals surface area contributed by atoms with Crippen molar-refractivity contribution in [3.63, 3.8) is 0 Å². The first-order valence-corrected chi connectivity index (χ1v) is 9.51. The Labute approximate surface area is 147 Å². The first-order valence-electron chi connectivity index (χ1n) is 8.07. The summed E-state index contributed by atoms with van der Waals surface area (Å²) in [4.78, 5) is -0.253. The average Bonchev–Trinajstić information content (AvgIpc) is 2.61. The smallest absolute Gasteiger partial charge is 0.246 e. The number of nitrogens with one attached hydrogen (secondary N) is 1. The summed E-state index contributed by atoms with van der Waals surface area (Å²) < 4.78 is 47.5. The molecule has 1 aliphatic heterocycles. The number of hydrogen-bond donors (Lipinski definition) is 1. The lowest BCUT2D eigenvalue weighted by atomic mass is 10.0. The Balaban J connectivity index is 2.10. The van der Waals surface area contributed by atoms with Gasteiger partial charge in [0, 0.05) is 25.2 Å². The number of methoxy groups -OCH3 is 1. The van der Waals surface area contributed by atoms with Gasteiger partial charge >= 0.3 is 0 Å². The van der Waals surface area contributed by atoms with Crippen LogP contribution < -0.4 is 10.1 Å². The van der Waals surface area contributed by atoms with Crippen LogP contribution >= 0.6 is 0 Å². The molecule has 5 nitrogen and oxygen atoms in total. The monoisotopic (exact) mass is 364 g/mol. The zero-order chi connectivity index (χ0) is 18.0. The highest BCUT2D eigenvalue weighted by Crippen LogP contribution is 2.35. The number of hydrogen-bond acceptors (Lipinski definition) is 4. The fourth-order valence-corrected chi connectivity index (χ4v) is 5.12. The second-order valence-electron chi connectivity index (χ2n) is 5.96. The summed E-state index contributed by atoms with van der Waals surface area (Å²) in [5.41, 5.74) is 1.16. The van der Waals surface area contributed by atoms with E-state index in [4.69, 9.17) is 4.74 Å². The molecule has 0 aromatic heterocycles. The lowest BCUT2D eigenvalue weighted by molar-refractivity contribution is 0.263. The molecule has 1 unspecified atom stereocenters. The Morgan fingerprint density at radius 1 is 1.20 bits per heavy atom. The van der Waals surface area contributed by atoms with E-state index < -0.39 is 21.9 Å². The standard InChI is InChI=1S/C18H21FN2O3S/c1-13-6-5-8-15(19)18(13)25(22,23)21-11-10-20-12-16(21)14-7-3-4-9-17(14)24-2/h3-9,16,20H,10-12H2,1-2H3. The molecule has 3 rings (SSSR count). The van der Waals surface area contributed by atoms with Crippen LogP contribution in [0.2, 0.25) is 0 Å². The van der Waals surface area contributed by atoms with Gasteiger partial charge in [0.2, 0.25) is 10.0 Å². The molecule has 1 atom stereocenters. The minimum Gasteiger partial charge on any atom is -0.496 e. The zero-order valence-corrected chi connectivity index (χ0v) is 15.0. The van der Waals surface area contributed by atoms with Crippen LogP contribution in [0, 0.1) is 12.7 Å². The van der Waals surface area contributed by atoms with E-state index in [1.54, 1.807) is 26.2 Å². The minimum atomic E-state index is -3.98. The van der Waals surface area contributed by atoms with Crippen molar-refractivity contribution in [2.75, 3.05) is 26.7 Å². The Bertz CT molecular complexity index is 850. The molecule has 7 heteroatoms. The lowest BCUT2D eigenvalue weighted by Crippen LogP contribution is -2.49. The maximum Gasteiger partial charge on any atom is 0.246 e. The van der Waals surface area contributed by atoms with Crippen LogP contribution in [-0.4, -0.2) is 39.5 Å². The normalized spacial score (nSPS) is 18.9. The van der Waals surface area contributed by atoms with Crippen LogP contribution in [0.4, 0.5) is 4.39 Å². The maximum atomic E-state index is 14.3. The second-order valence-corrected chi connectivity index (χ2v) is 7.79. The van der Waals surface area contributed by atoms with Gasteiger partial charge in [-0.3, -0.25) is 0 Å². The molecule has 1 heterocycles. The summed E-state index contributed by atoms with van der Waals surface area (Å²) in [7, 11) is -2.43. The zero-order valence-electron chi connectivity index (χ0n) is 14.2. The number of sulfonamides is 1. The number of rotatable bonds is 4. The van der Waals surface area contributed by atoms with Gasteiger partial charge < -0.3 is 10.1 Å². The molecule has 0 aliphatic carbocycles. The number of piperazine rings is 1. The number of aryl methyl sites for hydroxylation is 1. The fourth-order valence-electron chi connectivity index (χ4n) is 3.24. The summed E-state index contributed by atoms with van der Waals surface area (Å²) in [6.45, 7) is 2.82. The Morgan fingerprint density at radius 2 is 1.96 bits per heavy atom. The van der Waals surface area contributed by atoms with Crippen molar-refractivity contribution in [2.45, 2.75) is 17.9 Å². The number of halogens is 1. The summed E-state index contributed by atoms with van der Waals surface area (Å²) in [5.74, 6) is -0.112. The topological polar surface area (TPSA) is 58.6 Å². The molecule has 0 bridgehead atoms. The third kappa shape index (κ3) is 3.27. The summed E-state index contributed by atoms with van der Waals surface area (Å²) in [6, 6.07) is 11.1. The predicted molar refractivity (Wildman–Crippen MR) is 93.6 cm³/mol. The van der Waals surface area contributed by atoms with E-state index in [1.807, 2.05) is 18.2 Å². The van der Waals surface area contributed by atoms with Gasteiger partial charge in [0.15, 0.2) is 0 Å². The van der Waals surface area contributed by atoms with Gasteiger partial charge in [0.1, 0.15) is 16.5 Å². The highest BCUT2D eigenvalue weighted by atomic mass is 32.2. The molecule has 1 aliphatic rings. The minimum absolute atomic E-state index is 0.253. The van der Waals surface area contributed by atoms with Gasteiger partial charge in [-0.2, -0.15) is 4.31 Å². The number of ether oxygens (including phenoxy) is 1. The first-order chi connectivity index (χ1) is 12.0. The molecule has 0 saturated carbocycles.